The minimum atomic E-state index is -0.240. The fourth-order valence-corrected chi connectivity index (χ4v) is 2.91. The normalized spacial score (nSPS) is 10.7. The Hall–Kier alpha value is -2.25. The zero-order valence-corrected chi connectivity index (χ0v) is 16.0. The van der Waals surface area contributed by atoms with Gasteiger partial charge in [0, 0.05) is 25.0 Å². The van der Waals surface area contributed by atoms with Crippen LogP contribution in [0.25, 0.3) is 0 Å². The quantitative estimate of drug-likeness (QED) is 0.625. The van der Waals surface area contributed by atoms with Crippen molar-refractivity contribution in [2.24, 2.45) is 0 Å². The van der Waals surface area contributed by atoms with Gasteiger partial charge in [0.25, 0.3) is 5.91 Å². The van der Waals surface area contributed by atoms with Crippen LogP contribution in [-0.2, 0) is 16.0 Å². The highest BCUT2D eigenvalue weighted by Gasteiger charge is 2.12. The van der Waals surface area contributed by atoms with Crippen LogP contribution in [0.3, 0.4) is 0 Å². The van der Waals surface area contributed by atoms with Gasteiger partial charge in [-0.3, -0.25) is 9.59 Å². The molecule has 2 aromatic rings. The van der Waals surface area contributed by atoms with Crippen molar-refractivity contribution in [1.29, 1.82) is 0 Å². The summed E-state index contributed by atoms with van der Waals surface area (Å²) >= 11 is 1.25. The molecule has 2 N–H and O–H groups in total. The van der Waals surface area contributed by atoms with Gasteiger partial charge in [0.15, 0.2) is 5.13 Å². The van der Waals surface area contributed by atoms with Crippen LogP contribution in [0.1, 0.15) is 42.7 Å². The van der Waals surface area contributed by atoms with E-state index in [2.05, 4.69) is 15.6 Å². The summed E-state index contributed by atoms with van der Waals surface area (Å²) in [6.45, 7) is 5.09. The van der Waals surface area contributed by atoms with Crippen LogP contribution in [0.4, 0.5) is 5.13 Å². The molecule has 26 heavy (non-hydrogen) atoms. The fraction of sp³-hybridized carbons (Fsp3) is 0.421. The van der Waals surface area contributed by atoms with E-state index in [1.165, 1.54) is 11.3 Å². The molecule has 0 unspecified atom stereocenters. The number of ether oxygens (including phenoxy) is 1. The van der Waals surface area contributed by atoms with Gasteiger partial charge in [-0.25, -0.2) is 4.98 Å². The number of aromatic nitrogens is 1. The average molecular weight is 375 g/mol. The molecule has 2 rings (SSSR count). The summed E-state index contributed by atoms with van der Waals surface area (Å²) in [7, 11) is 0. The topological polar surface area (TPSA) is 80.3 Å². The Kier molecular flexibility index (Phi) is 8.24. The van der Waals surface area contributed by atoms with E-state index < -0.39 is 0 Å². The van der Waals surface area contributed by atoms with E-state index in [-0.39, 0.29) is 17.9 Å². The molecule has 1 aromatic carbocycles. The number of amides is 2. The predicted molar refractivity (Wildman–Crippen MR) is 104 cm³/mol. The van der Waals surface area contributed by atoms with Crippen LogP contribution in [0.5, 0.6) is 0 Å². The summed E-state index contributed by atoms with van der Waals surface area (Å²) in [5, 5.41) is 7.63. The largest absolute Gasteiger partial charge is 0.379 e. The summed E-state index contributed by atoms with van der Waals surface area (Å²) in [5.74, 6) is -0.350. The SMILES string of the molecule is CC(C)OCCCNC(=O)c1csc(NC(=O)CCc2ccccc2)n1. The van der Waals surface area contributed by atoms with Crippen molar-refractivity contribution in [2.45, 2.75) is 39.2 Å². The molecule has 1 heterocycles. The molecule has 6 nitrogen and oxygen atoms in total. The minimum absolute atomic E-state index is 0.110. The van der Waals surface area contributed by atoms with Gasteiger partial charge in [0.2, 0.25) is 5.91 Å². The summed E-state index contributed by atoms with van der Waals surface area (Å²) in [5.41, 5.74) is 1.43. The van der Waals surface area contributed by atoms with E-state index >= 15 is 0 Å². The predicted octanol–water partition coefficient (Wildman–Crippen LogP) is 3.26. The van der Waals surface area contributed by atoms with E-state index in [0.29, 0.717) is 36.8 Å². The molecule has 1 aromatic heterocycles. The van der Waals surface area contributed by atoms with Crippen molar-refractivity contribution < 1.29 is 14.3 Å². The smallest absolute Gasteiger partial charge is 0.270 e. The second kappa shape index (κ2) is 10.7. The van der Waals surface area contributed by atoms with E-state index in [0.717, 1.165) is 12.0 Å². The van der Waals surface area contributed by atoms with Crippen molar-refractivity contribution in [3.8, 4) is 0 Å². The van der Waals surface area contributed by atoms with Crippen LogP contribution in [0.15, 0.2) is 35.7 Å². The third-order valence-corrected chi connectivity index (χ3v) is 4.28. The second-order valence-electron chi connectivity index (χ2n) is 6.10. The number of nitrogens with zero attached hydrogens (tertiary/aromatic N) is 1. The molecular weight excluding hydrogens is 350 g/mol. The number of rotatable bonds is 10. The highest BCUT2D eigenvalue weighted by molar-refractivity contribution is 7.14. The molecule has 0 bridgehead atoms. The number of aryl methyl sites for hydroxylation is 1. The van der Waals surface area contributed by atoms with E-state index in [9.17, 15) is 9.59 Å². The van der Waals surface area contributed by atoms with Crippen LogP contribution in [0.2, 0.25) is 0 Å². The maximum Gasteiger partial charge on any atom is 0.270 e. The van der Waals surface area contributed by atoms with Crippen LogP contribution in [0, 0.1) is 0 Å². The first-order valence-electron chi connectivity index (χ1n) is 8.73. The number of carbonyl (C=O) groups excluding carboxylic acids is 2. The van der Waals surface area contributed by atoms with Crippen LogP contribution >= 0.6 is 11.3 Å². The lowest BCUT2D eigenvalue weighted by Gasteiger charge is -2.07. The number of hydrogen-bond donors (Lipinski definition) is 2. The molecule has 0 atom stereocenters. The van der Waals surface area contributed by atoms with Gasteiger partial charge in [-0.1, -0.05) is 30.3 Å². The van der Waals surface area contributed by atoms with Crippen molar-refractivity contribution >= 4 is 28.3 Å². The van der Waals surface area contributed by atoms with E-state index in [4.69, 9.17) is 4.74 Å². The summed E-state index contributed by atoms with van der Waals surface area (Å²) in [6, 6.07) is 9.83. The van der Waals surface area contributed by atoms with Crippen molar-refractivity contribution in [2.75, 3.05) is 18.5 Å². The Bertz CT molecular complexity index is 701. The zero-order valence-electron chi connectivity index (χ0n) is 15.2. The lowest BCUT2D eigenvalue weighted by molar-refractivity contribution is -0.116. The van der Waals surface area contributed by atoms with Gasteiger partial charge in [0.1, 0.15) is 5.69 Å². The summed E-state index contributed by atoms with van der Waals surface area (Å²) < 4.78 is 5.42. The Morgan fingerprint density at radius 2 is 2.00 bits per heavy atom. The number of hydrogen-bond acceptors (Lipinski definition) is 5. The Morgan fingerprint density at radius 1 is 1.23 bits per heavy atom. The van der Waals surface area contributed by atoms with E-state index in [1.54, 1.807) is 5.38 Å². The maximum atomic E-state index is 12.0. The van der Waals surface area contributed by atoms with Gasteiger partial charge < -0.3 is 15.4 Å². The summed E-state index contributed by atoms with van der Waals surface area (Å²) in [6.07, 6.45) is 1.99. The molecule has 0 aliphatic rings. The molecule has 0 saturated heterocycles. The monoisotopic (exact) mass is 375 g/mol. The van der Waals surface area contributed by atoms with Crippen molar-refractivity contribution in [1.82, 2.24) is 10.3 Å². The van der Waals surface area contributed by atoms with Gasteiger partial charge in [-0.2, -0.15) is 0 Å². The highest BCUT2D eigenvalue weighted by Crippen LogP contribution is 2.16. The molecule has 0 fully saturated rings. The Labute approximate surface area is 158 Å². The molecule has 0 aliphatic heterocycles. The highest BCUT2D eigenvalue weighted by atomic mass is 32.1. The average Bonchev–Trinajstić information content (AvgIpc) is 3.08. The first-order valence-corrected chi connectivity index (χ1v) is 9.61. The number of benzene rings is 1. The molecule has 0 radical (unpaired) electrons. The van der Waals surface area contributed by atoms with E-state index in [1.807, 2.05) is 44.2 Å². The number of carbonyl (C=O) groups is 2. The third kappa shape index (κ3) is 7.33. The molecule has 0 spiro atoms. The zero-order chi connectivity index (χ0) is 18.8. The van der Waals surface area contributed by atoms with Crippen molar-refractivity contribution in [3.05, 3.63) is 47.0 Å². The first kappa shape index (κ1) is 20.1. The van der Waals surface area contributed by atoms with Gasteiger partial charge in [0.05, 0.1) is 6.10 Å². The number of thiazole rings is 1. The standard InChI is InChI=1S/C19H25N3O3S/c1-14(2)25-12-6-11-20-18(24)16-13-26-19(21-16)22-17(23)10-9-15-7-4-3-5-8-15/h3-5,7-8,13-14H,6,9-12H2,1-2H3,(H,20,24)(H,21,22,23). The van der Waals surface area contributed by atoms with Gasteiger partial charge in [-0.15, -0.1) is 11.3 Å². The van der Waals surface area contributed by atoms with Crippen LogP contribution < -0.4 is 10.6 Å². The molecule has 7 heteroatoms. The van der Waals surface area contributed by atoms with Gasteiger partial charge in [-0.05, 0) is 32.3 Å². The number of anilines is 1. The first-order chi connectivity index (χ1) is 12.5. The minimum Gasteiger partial charge on any atom is -0.379 e. The maximum absolute atomic E-state index is 12.0. The molecule has 0 saturated carbocycles. The second-order valence-corrected chi connectivity index (χ2v) is 6.96. The Morgan fingerprint density at radius 3 is 2.73 bits per heavy atom. The fourth-order valence-electron chi connectivity index (χ4n) is 2.20. The molecule has 2 amide bonds. The van der Waals surface area contributed by atoms with Crippen LogP contribution in [-0.4, -0.2) is 36.1 Å². The van der Waals surface area contributed by atoms with Gasteiger partial charge >= 0.3 is 0 Å². The van der Waals surface area contributed by atoms with Crippen molar-refractivity contribution in [3.63, 3.8) is 0 Å². The molecular formula is C19H25N3O3S. The Balaban J connectivity index is 1.70. The molecule has 0 aliphatic carbocycles. The molecule has 140 valence electrons. The third-order valence-electron chi connectivity index (χ3n) is 3.52. The number of nitrogens with one attached hydrogen (secondary N) is 2. The lowest BCUT2D eigenvalue weighted by Crippen LogP contribution is -2.26. The lowest BCUT2D eigenvalue weighted by atomic mass is 10.1. The summed E-state index contributed by atoms with van der Waals surface area (Å²) in [4.78, 5) is 28.2.